The van der Waals surface area contributed by atoms with E-state index in [2.05, 4.69) is 41.9 Å². The van der Waals surface area contributed by atoms with Gasteiger partial charge in [0.15, 0.2) is 0 Å². The maximum absolute atomic E-state index is 5.90. The molecular weight excluding hydrogens is 282 g/mol. The number of nitrogens with two attached hydrogens (primary N) is 1. The third-order valence-corrected chi connectivity index (χ3v) is 4.91. The summed E-state index contributed by atoms with van der Waals surface area (Å²) in [6.45, 7) is 6.27. The molecule has 0 atom stereocenters. The maximum Gasteiger partial charge on any atom is 0.0734 e. The Morgan fingerprint density at radius 3 is 2.25 bits per heavy atom. The first-order valence-electron chi connectivity index (χ1n) is 5.12. The molecule has 0 fully saturated rings. The lowest BCUT2D eigenvalue weighted by Gasteiger charge is -2.07. The molecule has 0 radical (unpaired) electrons. The monoisotopic (exact) mass is 295 g/mol. The van der Waals surface area contributed by atoms with Gasteiger partial charge in [0.1, 0.15) is 0 Å². The first-order chi connectivity index (χ1) is 7.49. The van der Waals surface area contributed by atoms with Crippen molar-refractivity contribution in [3.8, 4) is 10.4 Å². The second-order valence-corrected chi connectivity index (χ2v) is 6.46. The molecule has 0 aliphatic heterocycles. The van der Waals surface area contributed by atoms with E-state index in [9.17, 15) is 0 Å². The van der Waals surface area contributed by atoms with Gasteiger partial charge < -0.3 is 5.73 Å². The molecule has 2 N–H and O–H groups in total. The summed E-state index contributed by atoms with van der Waals surface area (Å²) in [7, 11) is 0. The number of hydrogen-bond acceptors (Lipinski definition) is 2. The van der Waals surface area contributed by atoms with Crippen LogP contribution in [-0.4, -0.2) is 0 Å². The normalized spacial score (nSPS) is 10.8. The van der Waals surface area contributed by atoms with Crippen molar-refractivity contribution >= 4 is 33.0 Å². The van der Waals surface area contributed by atoms with Gasteiger partial charge in [-0.2, -0.15) is 0 Å². The summed E-state index contributed by atoms with van der Waals surface area (Å²) in [5.74, 6) is 0. The van der Waals surface area contributed by atoms with Crippen molar-refractivity contribution in [3.05, 3.63) is 38.7 Å². The predicted octanol–water partition coefficient (Wildman–Crippen LogP) is 4.69. The Kier molecular flexibility index (Phi) is 3.08. The third kappa shape index (κ3) is 2.02. The van der Waals surface area contributed by atoms with E-state index in [-0.39, 0.29) is 0 Å². The van der Waals surface area contributed by atoms with Crippen LogP contribution in [0.4, 0.5) is 5.69 Å². The topological polar surface area (TPSA) is 26.0 Å². The molecule has 0 spiro atoms. The molecule has 2 aromatic rings. The molecule has 0 amide bonds. The van der Waals surface area contributed by atoms with Crippen molar-refractivity contribution in [3.63, 3.8) is 0 Å². The lowest BCUT2D eigenvalue weighted by molar-refractivity contribution is 1.40. The van der Waals surface area contributed by atoms with Crippen LogP contribution in [0, 0.1) is 20.8 Å². The third-order valence-electron chi connectivity index (χ3n) is 2.74. The molecule has 3 heteroatoms. The Hall–Kier alpha value is -0.800. The second-order valence-electron chi connectivity index (χ2n) is 4.09. The van der Waals surface area contributed by atoms with Crippen LogP contribution in [0.1, 0.15) is 16.7 Å². The summed E-state index contributed by atoms with van der Waals surface area (Å²) >= 11 is 5.34. The highest BCUT2D eigenvalue weighted by Crippen LogP contribution is 2.37. The summed E-state index contributed by atoms with van der Waals surface area (Å²) in [5, 5.41) is 0. The van der Waals surface area contributed by atoms with Crippen molar-refractivity contribution in [1.29, 1.82) is 0 Å². The van der Waals surface area contributed by atoms with Gasteiger partial charge in [0, 0.05) is 10.6 Å². The van der Waals surface area contributed by atoms with Gasteiger partial charge >= 0.3 is 0 Å². The van der Waals surface area contributed by atoms with E-state index in [0.29, 0.717) is 0 Å². The highest BCUT2D eigenvalue weighted by Gasteiger charge is 2.09. The van der Waals surface area contributed by atoms with Crippen molar-refractivity contribution in [1.82, 2.24) is 0 Å². The summed E-state index contributed by atoms with van der Waals surface area (Å²) in [5.41, 5.74) is 11.7. The molecule has 16 heavy (non-hydrogen) atoms. The minimum Gasteiger partial charge on any atom is -0.399 e. The standard InChI is InChI=1S/C13H14BrNS/c1-7-5-11(15)8(2)4-10(7)12-6-9(3)13(14)16-12/h4-6H,15H2,1-3H3. The van der Waals surface area contributed by atoms with Crippen LogP contribution >= 0.6 is 27.3 Å². The van der Waals surface area contributed by atoms with E-state index >= 15 is 0 Å². The molecule has 2 rings (SSSR count). The molecule has 84 valence electrons. The van der Waals surface area contributed by atoms with Gasteiger partial charge in [0.05, 0.1) is 3.79 Å². The number of anilines is 1. The van der Waals surface area contributed by atoms with E-state index in [0.717, 1.165) is 11.3 Å². The first-order valence-corrected chi connectivity index (χ1v) is 6.73. The van der Waals surface area contributed by atoms with Crippen molar-refractivity contribution < 1.29 is 0 Å². The SMILES string of the molecule is Cc1cc(-c2cc(C)c(Br)s2)c(C)cc1N. The number of hydrogen-bond donors (Lipinski definition) is 1. The Labute approximate surface area is 108 Å². The minimum atomic E-state index is 0.869. The Morgan fingerprint density at radius 1 is 1.00 bits per heavy atom. The van der Waals surface area contributed by atoms with Gasteiger partial charge in [-0.1, -0.05) is 0 Å². The molecule has 0 aliphatic rings. The van der Waals surface area contributed by atoms with Gasteiger partial charge in [-0.05, 0) is 77.2 Å². The fourth-order valence-corrected chi connectivity index (χ4v) is 3.31. The number of nitrogen functional groups attached to an aromatic ring is 1. The highest BCUT2D eigenvalue weighted by atomic mass is 79.9. The van der Waals surface area contributed by atoms with E-state index in [1.807, 2.05) is 13.0 Å². The summed E-state index contributed by atoms with van der Waals surface area (Å²) < 4.78 is 1.20. The fraction of sp³-hybridized carbons (Fsp3) is 0.231. The summed E-state index contributed by atoms with van der Waals surface area (Å²) in [4.78, 5) is 1.30. The molecule has 0 saturated carbocycles. The van der Waals surface area contributed by atoms with Crippen LogP contribution in [0.25, 0.3) is 10.4 Å². The zero-order valence-electron chi connectivity index (χ0n) is 9.60. The minimum absolute atomic E-state index is 0.869. The van der Waals surface area contributed by atoms with E-state index in [1.54, 1.807) is 11.3 Å². The molecule has 0 unspecified atom stereocenters. The van der Waals surface area contributed by atoms with Crippen LogP contribution in [0.3, 0.4) is 0 Å². The Bertz CT molecular complexity index is 524. The molecule has 1 nitrogen and oxygen atoms in total. The average Bonchev–Trinajstić information content (AvgIpc) is 2.53. The van der Waals surface area contributed by atoms with E-state index < -0.39 is 0 Å². The molecule has 0 bridgehead atoms. The predicted molar refractivity (Wildman–Crippen MR) is 76.1 cm³/mol. The first kappa shape index (κ1) is 11.7. The Morgan fingerprint density at radius 2 is 1.69 bits per heavy atom. The lowest BCUT2D eigenvalue weighted by Crippen LogP contribution is -1.92. The highest BCUT2D eigenvalue weighted by molar-refractivity contribution is 9.11. The Balaban J connectivity index is 2.60. The van der Waals surface area contributed by atoms with Crippen LogP contribution in [0.15, 0.2) is 22.0 Å². The van der Waals surface area contributed by atoms with Crippen molar-refractivity contribution in [2.45, 2.75) is 20.8 Å². The quantitative estimate of drug-likeness (QED) is 0.759. The molecular formula is C13H14BrNS. The zero-order valence-corrected chi connectivity index (χ0v) is 12.0. The number of benzene rings is 1. The van der Waals surface area contributed by atoms with E-state index in [4.69, 9.17) is 5.73 Å². The van der Waals surface area contributed by atoms with Gasteiger partial charge in [-0.25, -0.2) is 0 Å². The zero-order chi connectivity index (χ0) is 11.9. The van der Waals surface area contributed by atoms with Crippen molar-refractivity contribution in [2.24, 2.45) is 0 Å². The molecule has 0 aliphatic carbocycles. The van der Waals surface area contributed by atoms with Crippen LogP contribution in [-0.2, 0) is 0 Å². The molecule has 1 aromatic carbocycles. The average molecular weight is 296 g/mol. The second kappa shape index (κ2) is 4.22. The van der Waals surface area contributed by atoms with Crippen LogP contribution in [0.2, 0.25) is 0 Å². The van der Waals surface area contributed by atoms with Crippen molar-refractivity contribution in [2.75, 3.05) is 5.73 Å². The number of rotatable bonds is 1. The fourth-order valence-electron chi connectivity index (χ4n) is 1.70. The number of halogens is 1. The summed E-state index contributed by atoms with van der Waals surface area (Å²) in [6.07, 6.45) is 0. The lowest BCUT2D eigenvalue weighted by atomic mass is 10.0. The van der Waals surface area contributed by atoms with Gasteiger partial charge in [0.25, 0.3) is 0 Å². The number of aryl methyl sites for hydroxylation is 3. The van der Waals surface area contributed by atoms with Crippen LogP contribution in [0.5, 0.6) is 0 Å². The van der Waals surface area contributed by atoms with Gasteiger partial charge in [-0.3, -0.25) is 0 Å². The number of thiophene rings is 1. The molecule has 0 saturated heterocycles. The molecule has 1 heterocycles. The smallest absolute Gasteiger partial charge is 0.0734 e. The summed E-state index contributed by atoms with van der Waals surface area (Å²) in [6, 6.07) is 6.43. The maximum atomic E-state index is 5.90. The van der Waals surface area contributed by atoms with Gasteiger partial charge in [-0.15, -0.1) is 11.3 Å². The molecule has 1 aromatic heterocycles. The van der Waals surface area contributed by atoms with Crippen LogP contribution < -0.4 is 5.73 Å². The largest absolute Gasteiger partial charge is 0.399 e. The van der Waals surface area contributed by atoms with E-state index in [1.165, 1.54) is 25.4 Å². The van der Waals surface area contributed by atoms with Gasteiger partial charge in [0.2, 0.25) is 0 Å².